The second-order valence-electron chi connectivity index (χ2n) is 7.36. The third-order valence-corrected chi connectivity index (χ3v) is 3.92. The van der Waals surface area contributed by atoms with E-state index in [1.54, 1.807) is 59.1 Å². The first-order valence-corrected chi connectivity index (χ1v) is 8.70. The number of hydrogen-bond acceptors (Lipinski definition) is 6. The summed E-state index contributed by atoms with van der Waals surface area (Å²) in [4.78, 5) is 38.4. The minimum atomic E-state index is -0.891. The highest BCUT2D eigenvalue weighted by atomic mass is 16.6. The fraction of sp³-hybridized carbons (Fsp3) is 0.550. The second-order valence-corrected chi connectivity index (χ2v) is 7.36. The van der Waals surface area contributed by atoms with Gasteiger partial charge in [-0.05, 0) is 38.5 Å². The molecular formula is C20H29NO6. The van der Waals surface area contributed by atoms with Crippen LogP contribution >= 0.6 is 0 Å². The Labute approximate surface area is 160 Å². The molecule has 0 aliphatic rings. The molecule has 2 atom stereocenters. The van der Waals surface area contributed by atoms with E-state index in [0.29, 0.717) is 11.3 Å². The van der Waals surface area contributed by atoms with E-state index in [9.17, 15) is 14.4 Å². The number of Topliss-reactive ketones (excluding diaryl/α,β-unsaturated/α-hetero) is 1. The number of nitrogens with zero attached hydrogens (tertiary/aromatic N) is 1. The Morgan fingerprint density at radius 3 is 2.07 bits per heavy atom. The molecule has 0 fully saturated rings. The summed E-state index contributed by atoms with van der Waals surface area (Å²) in [7, 11) is 4.32. The summed E-state index contributed by atoms with van der Waals surface area (Å²) in [5, 5.41) is 0. The van der Waals surface area contributed by atoms with Crippen LogP contribution in [0.1, 0.15) is 45.7 Å². The van der Waals surface area contributed by atoms with Crippen LogP contribution in [0.25, 0.3) is 0 Å². The van der Waals surface area contributed by atoms with E-state index < -0.39 is 29.6 Å². The van der Waals surface area contributed by atoms with Crippen molar-refractivity contribution < 1.29 is 28.6 Å². The highest BCUT2D eigenvalue weighted by molar-refractivity contribution is 5.91. The number of esters is 1. The summed E-state index contributed by atoms with van der Waals surface area (Å²) in [6.07, 6.45) is -0.682. The lowest BCUT2D eigenvalue weighted by molar-refractivity contribution is -0.147. The quantitative estimate of drug-likeness (QED) is 0.676. The van der Waals surface area contributed by atoms with E-state index in [1.165, 1.54) is 19.1 Å². The Balaban J connectivity index is 3.16. The van der Waals surface area contributed by atoms with Crippen LogP contribution in [0.5, 0.6) is 5.75 Å². The van der Waals surface area contributed by atoms with Gasteiger partial charge in [0.15, 0.2) is 5.78 Å². The van der Waals surface area contributed by atoms with Gasteiger partial charge in [-0.15, -0.1) is 0 Å². The van der Waals surface area contributed by atoms with Gasteiger partial charge in [0, 0.05) is 13.5 Å². The molecule has 0 aliphatic carbocycles. The summed E-state index contributed by atoms with van der Waals surface area (Å²) in [5.74, 6) is -0.744. The monoisotopic (exact) mass is 379 g/mol. The van der Waals surface area contributed by atoms with Gasteiger partial charge in [-0.25, -0.2) is 4.79 Å². The van der Waals surface area contributed by atoms with Crippen molar-refractivity contribution >= 4 is 17.8 Å². The lowest BCUT2D eigenvalue weighted by Crippen LogP contribution is -2.40. The van der Waals surface area contributed by atoms with Gasteiger partial charge in [-0.2, -0.15) is 0 Å². The molecule has 7 nitrogen and oxygen atoms in total. The number of carbonyl (C=O) groups excluding carboxylic acids is 3. The normalized spacial score (nSPS) is 13.3. The van der Waals surface area contributed by atoms with E-state index in [-0.39, 0.29) is 12.2 Å². The highest BCUT2D eigenvalue weighted by Gasteiger charge is 2.33. The van der Waals surface area contributed by atoms with Crippen molar-refractivity contribution in [2.24, 2.45) is 5.92 Å². The maximum Gasteiger partial charge on any atom is 0.410 e. The molecule has 0 unspecified atom stereocenters. The molecule has 0 aromatic heterocycles. The Bertz CT molecular complexity index is 662. The lowest BCUT2D eigenvalue weighted by Gasteiger charge is -2.30. The van der Waals surface area contributed by atoms with Gasteiger partial charge >= 0.3 is 12.1 Å². The van der Waals surface area contributed by atoms with Gasteiger partial charge in [-0.1, -0.05) is 19.1 Å². The lowest BCUT2D eigenvalue weighted by atomic mass is 9.94. The van der Waals surface area contributed by atoms with Gasteiger partial charge in [0.2, 0.25) is 0 Å². The zero-order valence-electron chi connectivity index (χ0n) is 17.1. The highest BCUT2D eigenvalue weighted by Crippen LogP contribution is 2.27. The molecule has 0 heterocycles. The van der Waals surface area contributed by atoms with Crippen molar-refractivity contribution in [1.82, 2.24) is 4.90 Å². The molecule has 0 bridgehead atoms. The summed E-state index contributed by atoms with van der Waals surface area (Å²) in [6, 6.07) is 5.96. The molecular weight excluding hydrogens is 350 g/mol. The fourth-order valence-corrected chi connectivity index (χ4v) is 2.55. The summed E-state index contributed by atoms with van der Waals surface area (Å²) < 4.78 is 15.2. The topological polar surface area (TPSA) is 82.1 Å². The number of ether oxygens (including phenoxy) is 3. The first-order chi connectivity index (χ1) is 12.5. The zero-order valence-corrected chi connectivity index (χ0v) is 17.1. The average Bonchev–Trinajstić information content (AvgIpc) is 2.60. The maximum atomic E-state index is 13.0. The molecule has 1 amide bonds. The van der Waals surface area contributed by atoms with E-state index in [1.807, 2.05) is 0 Å². The molecule has 0 saturated heterocycles. The molecule has 1 rings (SSSR count). The number of rotatable bonds is 7. The summed E-state index contributed by atoms with van der Waals surface area (Å²) >= 11 is 0. The van der Waals surface area contributed by atoms with Gasteiger partial charge in [-0.3, -0.25) is 14.5 Å². The SMILES string of the molecule is COC(=O)[C@H](C)CC(=O)[C@H](c1ccc(OC)cc1)N(C)C(=O)OC(C)(C)C. The molecule has 0 N–H and O–H groups in total. The largest absolute Gasteiger partial charge is 0.497 e. The fourth-order valence-electron chi connectivity index (χ4n) is 2.55. The number of benzene rings is 1. The van der Waals surface area contributed by atoms with Crippen molar-refractivity contribution in [1.29, 1.82) is 0 Å². The Morgan fingerprint density at radius 2 is 1.63 bits per heavy atom. The number of amides is 1. The smallest absolute Gasteiger partial charge is 0.410 e. The van der Waals surface area contributed by atoms with Crippen molar-refractivity contribution in [3.63, 3.8) is 0 Å². The predicted molar refractivity (Wildman–Crippen MR) is 101 cm³/mol. The van der Waals surface area contributed by atoms with E-state index in [0.717, 1.165) is 0 Å². The first kappa shape index (κ1) is 22.5. The molecule has 0 aliphatic heterocycles. The summed E-state index contributed by atoms with van der Waals surface area (Å²) in [6.45, 7) is 6.87. The van der Waals surface area contributed by atoms with Crippen LogP contribution in [0, 0.1) is 5.92 Å². The van der Waals surface area contributed by atoms with Crippen LogP contribution in [0.15, 0.2) is 24.3 Å². The molecule has 150 valence electrons. The van der Waals surface area contributed by atoms with Crippen LogP contribution < -0.4 is 4.74 Å². The van der Waals surface area contributed by atoms with Gasteiger partial charge in [0.25, 0.3) is 0 Å². The Hall–Kier alpha value is -2.57. The van der Waals surface area contributed by atoms with Gasteiger partial charge in [0.05, 0.1) is 20.1 Å². The Kier molecular flexibility index (Phi) is 7.82. The van der Waals surface area contributed by atoms with Gasteiger partial charge in [0.1, 0.15) is 17.4 Å². The second kappa shape index (κ2) is 9.39. The van der Waals surface area contributed by atoms with Crippen LogP contribution in [-0.4, -0.2) is 49.6 Å². The standard InChI is InChI=1S/C20H29NO6/c1-13(18(23)26-7)12-16(22)17(14-8-10-15(25-6)11-9-14)21(5)19(24)27-20(2,3)4/h8-11,13,17H,12H2,1-7H3/t13-,17+/m1/s1. The number of likely N-dealkylation sites (N-methyl/N-ethyl adjacent to an activating group) is 1. The van der Waals surface area contributed by atoms with Crippen molar-refractivity contribution in [3.8, 4) is 5.75 Å². The van der Waals surface area contributed by atoms with Crippen LogP contribution in [-0.2, 0) is 19.1 Å². The molecule has 0 spiro atoms. The average molecular weight is 379 g/mol. The molecule has 27 heavy (non-hydrogen) atoms. The minimum Gasteiger partial charge on any atom is -0.497 e. The minimum absolute atomic E-state index is 0.0590. The van der Waals surface area contributed by atoms with Crippen molar-refractivity contribution in [2.45, 2.75) is 45.8 Å². The van der Waals surface area contributed by atoms with Crippen LogP contribution in [0.4, 0.5) is 4.79 Å². The van der Waals surface area contributed by atoms with Crippen LogP contribution in [0.2, 0.25) is 0 Å². The van der Waals surface area contributed by atoms with E-state index in [2.05, 4.69) is 4.74 Å². The third kappa shape index (κ3) is 6.58. The van der Waals surface area contributed by atoms with Crippen LogP contribution in [0.3, 0.4) is 0 Å². The number of ketones is 1. The van der Waals surface area contributed by atoms with E-state index >= 15 is 0 Å². The molecule has 7 heteroatoms. The number of hydrogen-bond donors (Lipinski definition) is 0. The molecule has 0 radical (unpaired) electrons. The van der Waals surface area contributed by atoms with Crippen molar-refractivity contribution in [2.75, 3.05) is 21.3 Å². The first-order valence-electron chi connectivity index (χ1n) is 8.70. The molecule has 0 saturated carbocycles. The maximum absolute atomic E-state index is 13.0. The van der Waals surface area contributed by atoms with Gasteiger partial charge < -0.3 is 14.2 Å². The third-order valence-electron chi connectivity index (χ3n) is 3.92. The summed E-state index contributed by atoms with van der Waals surface area (Å²) in [5.41, 5.74) is -0.0933. The zero-order chi connectivity index (χ0) is 20.8. The van der Waals surface area contributed by atoms with Crippen molar-refractivity contribution in [3.05, 3.63) is 29.8 Å². The number of carbonyl (C=O) groups is 3. The predicted octanol–water partition coefficient (Wildman–Crippen LogP) is 3.37. The molecule has 1 aromatic rings. The Morgan fingerprint density at radius 1 is 1.07 bits per heavy atom. The number of methoxy groups -OCH3 is 2. The molecule has 1 aromatic carbocycles. The van der Waals surface area contributed by atoms with E-state index in [4.69, 9.17) is 9.47 Å².